The summed E-state index contributed by atoms with van der Waals surface area (Å²) in [5.74, 6) is 0.238. The summed E-state index contributed by atoms with van der Waals surface area (Å²) in [5, 5.41) is 13.4. The topological polar surface area (TPSA) is 49.3 Å². The molecule has 2 aromatic rings. The molecule has 1 amide bonds. The van der Waals surface area contributed by atoms with Gasteiger partial charge in [-0.3, -0.25) is 4.79 Å². The Morgan fingerprint density at radius 3 is 2.78 bits per heavy atom. The summed E-state index contributed by atoms with van der Waals surface area (Å²) in [6.45, 7) is 0.533. The van der Waals surface area contributed by atoms with Crippen molar-refractivity contribution in [3.05, 3.63) is 69.9 Å². The second-order valence-electron chi connectivity index (χ2n) is 5.82. The molecular weight excluding hydrogens is 306 g/mol. The molecule has 0 aliphatic heterocycles. The van der Waals surface area contributed by atoms with Crippen LogP contribution in [0.2, 0.25) is 0 Å². The standard InChI is InChI=1S/C19H21NO2S/c21-18(14-7-3-1-4-8-14)17-12-11-16(23-17)13-20-19(22)15-9-5-2-6-10-15/h1-5,7-8,11-12,15,18,21H,6,9-10,13H2,(H,20,22). The largest absolute Gasteiger partial charge is 0.383 e. The molecule has 1 aliphatic rings. The Morgan fingerprint density at radius 2 is 2.04 bits per heavy atom. The van der Waals surface area contributed by atoms with Crippen molar-refractivity contribution >= 4 is 17.2 Å². The highest BCUT2D eigenvalue weighted by Gasteiger charge is 2.18. The van der Waals surface area contributed by atoms with Crippen LogP contribution >= 0.6 is 11.3 Å². The first-order chi connectivity index (χ1) is 11.2. The molecule has 0 bridgehead atoms. The van der Waals surface area contributed by atoms with Gasteiger partial charge < -0.3 is 10.4 Å². The number of nitrogens with one attached hydrogen (secondary N) is 1. The van der Waals surface area contributed by atoms with Crippen LogP contribution < -0.4 is 5.32 Å². The molecule has 1 aliphatic carbocycles. The molecule has 1 heterocycles. The van der Waals surface area contributed by atoms with Crippen molar-refractivity contribution in [2.24, 2.45) is 5.92 Å². The molecule has 0 saturated heterocycles. The van der Waals surface area contributed by atoms with Gasteiger partial charge in [0.1, 0.15) is 6.10 Å². The summed E-state index contributed by atoms with van der Waals surface area (Å²) >= 11 is 1.55. The fourth-order valence-electron chi connectivity index (χ4n) is 2.79. The first-order valence-corrected chi connectivity index (χ1v) is 8.80. The van der Waals surface area contributed by atoms with Crippen molar-refractivity contribution in [1.82, 2.24) is 5.32 Å². The monoisotopic (exact) mass is 327 g/mol. The molecule has 2 N–H and O–H groups in total. The molecule has 0 spiro atoms. The third kappa shape index (κ3) is 4.09. The van der Waals surface area contributed by atoms with Crippen LogP contribution in [0.4, 0.5) is 0 Å². The zero-order valence-electron chi connectivity index (χ0n) is 12.9. The van der Waals surface area contributed by atoms with E-state index in [9.17, 15) is 9.90 Å². The van der Waals surface area contributed by atoms with Crippen LogP contribution in [0, 0.1) is 5.92 Å². The van der Waals surface area contributed by atoms with Gasteiger partial charge in [-0.15, -0.1) is 11.3 Å². The van der Waals surface area contributed by atoms with E-state index in [1.807, 2.05) is 42.5 Å². The van der Waals surface area contributed by atoms with Gasteiger partial charge in [-0.1, -0.05) is 42.5 Å². The van der Waals surface area contributed by atoms with Crippen molar-refractivity contribution in [1.29, 1.82) is 0 Å². The fourth-order valence-corrected chi connectivity index (χ4v) is 3.75. The normalized spacial score (nSPS) is 18.6. The van der Waals surface area contributed by atoms with Crippen LogP contribution in [0.25, 0.3) is 0 Å². The maximum Gasteiger partial charge on any atom is 0.223 e. The van der Waals surface area contributed by atoms with Gasteiger partial charge in [0.2, 0.25) is 5.91 Å². The van der Waals surface area contributed by atoms with E-state index in [2.05, 4.69) is 17.5 Å². The molecule has 0 radical (unpaired) electrons. The van der Waals surface area contributed by atoms with Crippen molar-refractivity contribution in [3.8, 4) is 0 Å². The van der Waals surface area contributed by atoms with Crippen LogP contribution in [0.3, 0.4) is 0 Å². The third-order valence-corrected chi connectivity index (χ3v) is 5.28. The Bertz CT molecular complexity index is 678. The van der Waals surface area contributed by atoms with Crippen molar-refractivity contribution in [2.75, 3.05) is 0 Å². The highest BCUT2D eigenvalue weighted by Crippen LogP contribution is 2.28. The zero-order chi connectivity index (χ0) is 16.1. The Labute approximate surface area is 140 Å². The van der Waals surface area contributed by atoms with Crippen LogP contribution in [-0.2, 0) is 11.3 Å². The zero-order valence-corrected chi connectivity index (χ0v) is 13.8. The van der Waals surface area contributed by atoms with Gasteiger partial charge in [0.25, 0.3) is 0 Å². The van der Waals surface area contributed by atoms with E-state index in [0.717, 1.165) is 34.6 Å². The molecule has 0 fully saturated rings. The van der Waals surface area contributed by atoms with Crippen LogP contribution in [-0.4, -0.2) is 11.0 Å². The Kier molecular flexibility index (Phi) is 5.26. The van der Waals surface area contributed by atoms with Gasteiger partial charge in [0, 0.05) is 15.7 Å². The first kappa shape index (κ1) is 16.0. The van der Waals surface area contributed by atoms with Gasteiger partial charge in [0.15, 0.2) is 0 Å². The summed E-state index contributed by atoms with van der Waals surface area (Å²) in [7, 11) is 0. The maximum atomic E-state index is 12.1. The SMILES string of the molecule is O=C(NCc1ccc(C(O)c2ccccc2)s1)C1CC=CCC1. The summed E-state index contributed by atoms with van der Waals surface area (Å²) in [6.07, 6.45) is 6.39. The van der Waals surface area contributed by atoms with E-state index in [1.165, 1.54) is 0 Å². The van der Waals surface area contributed by atoms with Crippen molar-refractivity contribution < 1.29 is 9.90 Å². The Hall–Kier alpha value is -1.91. The molecule has 2 atom stereocenters. The summed E-state index contributed by atoms with van der Waals surface area (Å²) in [4.78, 5) is 14.1. The van der Waals surface area contributed by atoms with E-state index >= 15 is 0 Å². The smallest absolute Gasteiger partial charge is 0.223 e. The number of carbonyl (C=O) groups excluding carboxylic acids is 1. The number of hydrogen-bond donors (Lipinski definition) is 2. The molecule has 1 aromatic carbocycles. The first-order valence-electron chi connectivity index (χ1n) is 7.98. The van der Waals surface area contributed by atoms with E-state index in [0.29, 0.717) is 6.54 Å². The Morgan fingerprint density at radius 1 is 1.22 bits per heavy atom. The number of rotatable bonds is 5. The van der Waals surface area contributed by atoms with Crippen LogP contribution in [0.1, 0.15) is 40.7 Å². The predicted molar refractivity (Wildman–Crippen MR) is 93.2 cm³/mol. The van der Waals surface area contributed by atoms with Gasteiger partial charge >= 0.3 is 0 Å². The number of carbonyl (C=O) groups is 1. The molecule has 3 nitrogen and oxygen atoms in total. The molecule has 23 heavy (non-hydrogen) atoms. The van der Waals surface area contributed by atoms with Gasteiger partial charge in [-0.2, -0.15) is 0 Å². The molecular formula is C19H21NO2S. The molecule has 4 heteroatoms. The summed E-state index contributed by atoms with van der Waals surface area (Å²) in [6, 6.07) is 13.5. The number of allylic oxidation sites excluding steroid dienone is 2. The number of amides is 1. The van der Waals surface area contributed by atoms with E-state index in [-0.39, 0.29) is 11.8 Å². The molecule has 3 rings (SSSR count). The van der Waals surface area contributed by atoms with Gasteiger partial charge in [0.05, 0.1) is 6.54 Å². The van der Waals surface area contributed by atoms with Gasteiger partial charge in [-0.25, -0.2) is 0 Å². The lowest BCUT2D eigenvalue weighted by molar-refractivity contribution is -0.125. The maximum absolute atomic E-state index is 12.1. The van der Waals surface area contributed by atoms with Crippen LogP contribution in [0.5, 0.6) is 0 Å². The fraction of sp³-hybridized carbons (Fsp3) is 0.316. The second kappa shape index (κ2) is 7.57. The highest BCUT2D eigenvalue weighted by atomic mass is 32.1. The molecule has 2 unspecified atom stereocenters. The third-order valence-electron chi connectivity index (χ3n) is 4.14. The minimum absolute atomic E-state index is 0.106. The van der Waals surface area contributed by atoms with Crippen molar-refractivity contribution in [3.63, 3.8) is 0 Å². The van der Waals surface area contributed by atoms with E-state index in [4.69, 9.17) is 0 Å². The minimum atomic E-state index is -0.603. The number of aliphatic hydroxyl groups is 1. The minimum Gasteiger partial charge on any atom is -0.383 e. The number of aliphatic hydroxyl groups excluding tert-OH is 1. The molecule has 120 valence electrons. The average molecular weight is 327 g/mol. The lowest BCUT2D eigenvalue weighted by Crippen LogP contribution is -2.30. The number of hydrogen-bond acceptors (Lipinski definition) is 3. The average Bonchev–Trinajstić information content (AvgIpc) is 3.09. The number of benzene rings is 1. The van der Waals surface area contributed by atoms with E-state index in [1.54, 1.807) is 11.3 Å². The van der Waals surface area contributed by atoms with Gasteiger partial charge in [-0.05, 0) is 37.0 Å². The summed E-state index contributed by atoms with van der Waals surface area (Å²) < 4.78 is 0. The lowest BCUT2D eigenvalue weighted by Gasteiger charge is -2.16. The highest BCUT2D eigenvalue weighted by molar-refractivity contribution is 7.12. The second-order valence-corrected chi connectivity index (χ2v) is 7.02. The number of thiophene rings is 1. The predicted octanol–water partition coefficient (Wildman–Crippen LogP) is 3.80. The lowest BCUT2D eigenvalue weighted by atomic mass is 9.94. The molecule has 0 saturated carbocycles. The Balaban J connectivity index is 1.57. The van der Waals surface area contributed by atoms with E-state index < -0.39 is 6.10 Å². The summed E-state index contributed by atoms with van der Waals surface area (Å²) in [5.41, 5.74) is 0.888. The van der Waals surface area contributed by atoms with Crippen molar-refractivity contribution in [2.45, 2.75) is 31.9 Å². The molecule has 1 aromatic heterocycles. The van der Waals surface area contributed by atoms with Crippen LogP contribution in [0.15, 0.2) is 54.6 Å². The quantitative estimate of drug-likeness (QED) is 0.821.